The Balaban J connectivity index is 1.52. The number of carbonyl (C=O) groups excluding carboxylic acids is 4. The Labute approximate surface area is 338 Å². The summed E-state index contributed by atoms with van der Waals surface area (Å²) in [5, 5.41) is 22.5. The number of phenolic OH excluding ortho intramolecular Hbond substituents is 1. The SMILES string of the molecule is NCCCC[C@H](NC(=O)[C@H](Cc1ccc(O)cc1)NC(=O)[C@H](Cc1ccc(F)cc1)NCCCCCCN=C(N)N)C(=O)N[C@@H](Cc1c[nH]c2ccccc12)C(N)=O. The van der Waals surface area contributed by atoms with Gasteiger partial charge in [-0.2, -0.15) is 0 Å². The predicted molar refractivity (Wildman–Crippen MR) is 223 cm³/mol. The van der Waals surface area contributed by atoms with Crippen LogP contribution in [0, 0.1) is 5.82 Å². The normalized spacial score (nSPS) is 13.2. The molecule has 4 atom stereocenters. The molecule has 0 bridgehead atoms. The van der Waals surface area contributed by atoms with Crippen molar-refractivity contribution >= 4 is 40.5 Å². The summed E-state index contributed by atoms with van der Waals surface area (Å²) in [6.07, 6.45) is 6.68. The zero-order chi connectivity index (χ0) is 41.9. The van der Waals surface area contributed by atoms with E-state index >= 15 is 0 Å². The molecule has 312 valence electrons. The number of hydrogen-bond acceptors (Lipinski definition) is 8. The van der Waals surface area contributed by atoms with Crippen LogP contribution >= 0.6 is 0 Å². The quantitative estimate of drug-likeness (QED) is 0.0266. The third-order valence-electron chi connectivity index (χ3n) is 9.79. The van der Waals surface area contributed by atoms with Gasteiger partial charge in [0.05, 0.1) is 6.04 Å². The second-order valence-corrected chi connectivity index (χ2v) is 14.4. The summed E-state index contributed by atoms with van der Waals surface area (Å²) < 4.78 is 13.8. The van der Waals surface area contributed by atoms with Crippen LogP contribution in [0.3, 0.4) is 0 Å². The van der Waals surface area contributed by atoms with Crippen LogP contribution in [0.1, 0.15) is 61.6 Å². The smallest absolute Gasteiger partial charge is 0.243 e. The van der Waals surface area contributed by atoms with Crippen molar-refractivity contribution in [1.82, 2.24) is 26.3 Å². The summed E-state index contributed by atoms with van der Waals surface area (Å²) in [5.41, 5.74) is 25.3. The fourth-order valence-electron chi connectivity index (χ4n) is 6.59. The van der Waals surface area contributed by atoms with Crippen LogP contribution in [0.2, 0.25) is 0 Å². The van der Waals surface area contributed by atoms with Crippen molar-refractivity contribution in [3.05, 3.63) is 102 Å². The van der Waals surface area contributed by atoms with E-state index in [9.17, 15) is 28.7 Å². The van der Waals surface area contributed by atoms with Crippen molar-refractivity contribution < 1.29 is 28.7 Å². The highest BCUT2D eigenvalue weighted by molar-refractivity contribution is 5.95. The molecule has 3 aromatic carbocycles. The number of guanidine groups is 1. The van der Waals surface area contributed by atoms with E-state index < -0.39 is 53.6 Å². The van der Waals surface area contributed by atoms with E-state index in [-0.39, 0.29) is 37.4 Å². The van der Waals surface area contributed by atoms with Gasteiger partial charge in [0.2, 0.25) is 23.6 Å². The lowest BCUT2D eigenvalue weighted by Gasteiger charge is -2.26. The third-order valence-corrected chi connectivity index (χ3v) is 9.79. The molecule has 1 aromatic heterocycles. The van der Waals surface area contributed by atoms with Crippen molar-refractivity contribution in [2.24, 2.45) is 27.9 Å². The molecule has 0 aliphatic rings. The molecular formula is C42H57FN10O5. The molecule has 4 aromatic rings. The van der Waals surface area contributed by atoms with Gasteiger partial charge < -0.3 is 54.3 Å². The van der Waals surface area contributed by atoms with Crippen LogP contribution < -0.4 is 44.2 Å². The number of unbranched alkanes of at least 4 members (excludes halogenated alkanes) is 4. The molecular weight excluding hydrogens is 744 g/mol. The molecule has 58 heavy (non-hydrogen) atoms. The number of rotatable bonds is 25. The number of halogens is 1. The van der Waals surface area contributed by atoms with Crippen LogP contribution in [-0.2, 0) is 38.4 Å². The first kappa shape index (κ1) is 44.7. The van der Waals surface area contributed by atoms with Gasteiger partial charge in [-0.1, -0.05) is 55.3 Å². The van der Waals surface area contributed by atoms with E-state index in [2.05, 4.69) is 31.2 Å². The fourth-order valence-corrected chi connectivity index (χ4v) is 6.59. The van der Waals surface area contributed by atoms with Crippen LogP contribution in [0.25, 0.3) is 10.9 Å². The maximum atomic E-state index is 14.2. The van der Waals surface area contributed by atoms with Gasteiger partial charge in [-0.3, -0.25) is 24.2 Å². The Morgan fingerprint density at radius 3 is 1.98 bits per heavy atom. The molecule has 0 aliphatic carbocycles. The summed E-state index contributed by atoms with van der Waals surface area (Å²) in [4.78, 5) is 62.0. The highest BCUT2D eigenvalue weighted by atomic mass is 19.1. The largest absolute Gasteiger partial charge is 0.508 e. The number of aromatic hydroxyl groups is 1. The number of amides is 4. The molecule has 0 fully saturated rings. The summed E-state index contributed by atoms with van der Waals surface area (Å²) >= 11 is 0. The van der Waals surface area contributed by atoms with Crippen LogP contribution in [0.5, 0.6) is 5.75 Å². The summed E-state index contributed by atoms with van der Waals surface area (Å²) in [5.74, 6) is -2.80. The minimum absolute atomic E-state index is 0.0263. The number of aromatic amines is 1. The molecule has 0 saturated carbocycles. The number of benzene rings is 3. The predicted octanol–water partition coefficient (Wildman–Crippen LogP) is 1.90. The fraction of sp³-hybridized carbons (Fsp3) is 0.405. The minimum Gasteiger partial charge on any atom is -0.508 e. The van der Waals surface area contributed by atoms with E-state index in [4.69, 9.17) is 22.9 Å². The van der Waals surface area contributed by atoms with Crippen molar-refractivity contribution in [3.8, 4) is 5.75 Å². The average Bonchev–Trinajstić information content (AvgIpc) is 3.61. The van der Waals surface area contributed by atoms with Crippen molar-refractivity contribution in [2.75, 3.05) is 19.6 Å². The molecule has 14 N–H and O–H groups in total. The number of para-hydroxylation sites is 1. The number of aromatic nitrogens is 1. The highest BCUT2D eigenvalue weighted by Gasteiger charge is 2.31. The zero-order valence-electron chi connectivity index (χ0n) is 32.7. The number of nitrogens with zero attached hydrogens (tertiary/aromatic N) is 1. The lowest BCUT2D eigenvalue weighted by atomic mass is 10.0. The lowest BCUT2D eigenvalue weighted by molar-refractivity contribution is -0.133. The summed E-state index contributed by atoms with van der Waals surface area (Å²) in [6.45, 7) is 1.38. The first-order valence-electron chi connectivity index (χ1n) is 19.7. The molecule has 0 aliphatic heterocycles. The van der Waals surface area contributed by atoms with Crippen LogP contribution in [0.4, 0.5) is 4.39 Å². The Hall–Kier alpha value is -6.00. The van der Waals surface area contributed by atoms with Crippen LogP contribution in [-0.4, -0.2) is 83.5 Å². The Bertz CT molecular complexity index is 1950. The highest BCUT2D eigenvalue weighted by Crippen LogP contribution is 2.19. The van der Waals surface area contributed by atoms with Crippen molar-refractivity contribution in [1.29, 1.82) is 0 Å². The molecule has 16 heteroatoms. The summed E-state index contributed by atoms with van der Waals surface area (Å²) in [6, 6.07) is 15.5. The molecule has 4 amide bonds. The number of hydrogen-bond donors (Lipinski definition) is 10. The van der Waals surface area contributed by atoms with Crippen molar-refractivity contribution in [3.63, 3.8) is 0 Å². The number of nitrogens with one attached hydrogen (secondary N) is 5. The number of phenols is 1. The number of fused-ring (bicyclic) bond motifs is 1. The van der Waals surface area contributed by atoms with E-state index in [1.807, 2.05) is 24.3 Å². The van der Waals surface area contributed by atoms with E-state index in [0.717, 1.165) is 42.1 Å². The number of aliphatic imine (C=N–C) groups is 1. The van der Waals surface area contributed by atoms with Gasteiger partial charge in [0, 0.05) is 36.5 Å². The molecule has 0 spiro atoms. The van der Waals surface area contributed by atoms with Gasteiger partial charge in [-0.25, -0.2) is 4.39 Å². The van der Waals surface area contributed by atoms with Crippen molar-refractivity contribution in [2.45, 2.75) is 88.4 Å². The lowest BCUT2D eigenvalue weighted by Crippen LogP contribution is -2.58. The van der Waals surface area contributed by atoms with Gasteiger partial charge in [-0.05, 0) is 98.6 Å². The van der Waals surface area contributed by atoms with E-state index in [0.29, 0.717) is 43.6 Å². The molecule has 0 unspecified atom stereocenters. The first-order valence-corrected chi connectivity index (χ1v) is 19.7. The number of H-pyrrole nitrogens is 1. The van der Waals surface area contributed by atoms with Gasteiger partial charge in [0.25, 0.3) is 0 Å². The second-order valence-electron chi connectivity index (χ2n) is 14.4. The number of carbonyl (C=O) groups is 4. The number of nitrogens with two attached hydrogens (primary N) is 4. The average molecular weight is 801 g/mol. The number of primary amides is 1. The van der Waals surface area contributed by atoms with E-state index in [1.54, 1.807) is 30.5 Å². The van der Waals surface area contributed by atoms with Gasteiger partial charge in [0.15, 0.2) is 5.96 Å². The molecule has 4 rings (SSSR count). The Kier molecular flexibility index (Phi) is 17.9. The topological polar surface area (TPSA) is 269 Å². The minimum atomic E-state index is -1.16. The zero-order valence-corrected chi connectivity index (χ0v) is 32.7. The maximum absolute atomic E-state index is 14.2. The monoisotopic (exact) mass is 800 g/mol. The second kappa shape index (κ2) is 23.3. The first-order chi connectivity index (χ1) is 27.9. The molecule has 0 saturated heterocycles. The molecule has 0 radical (unpaired) electrons. The standard InChI is InChI=1S/C42H57FN10O5/c43-30-16-12-27(13-17-30)23-36(48-21-7-1-2-8-22-49-42(46)47)40(57)53-37(24-28-14-18-31(54)19-15-28)41(58)51-34(11-5-6-20-44)39(56)52-35(38(45)55)25-29-26-50-33-10-4-3-9-32(29)33/h3-4,9-10,12-19,26,34-37,48,50,54H,1-2,5-8,11,20-25,44H2,(H2,45,55)(H,51,58)(H,52,56)(H,53,57)(H4,46,47,49)/t34-,35-,36-,37-/m0/s1. The maximum Gasteiger partial charge on any atom is 0.243 e. The molecule has 15 nitrogen and oxygen atoms in total. The van der Waals surface area contributed by atoms with E-state index in [1.165, 1.54) is 24.3 Å². The Morgan fingerprint density at radius 1 is 0.690 bits per heavy atom. The van der Waals surface area contributed by atoms with Gasteiger partial charge >= 0.3 is 0 Å². The van der Waals surface area contributed by atoms with Gasteiger partial charge in [0.1, 0.15) is 29.7 Å². The summed E-state index contributed by atoms with van der Waals surface area (Å²) in [7, 11) is 0. The third kappa shape index (κ3) is 14.8. The molecule has 1 heterocycles. The Morgan fingerprint density at radius 2 is 1.29 bits per heavy atom. The van der Waals surface area contributed by atoms with Crippen LogP contribution in [0.15, 0.2) is 84.0 Å². The van der Waals surface area contributed by atoms with Gasteiger partial charge in [-0.15, -0.1) is 0 Å².